The lowest BCUT2D eigenvalue weighted by atomic mass is 9.99. The number of imide groups is 1. The molecule has 2 atom stereocenters. The largest absolute Gasteiger partial charge is 0.334 e. The summed E-state index contributed by atoms with van der Waals surface area (Å²) in [5, 5.41) is 2.78. The van der Waals surface area contributed by atoms with Gasteiger partial charge in [0.25, 0.3) is 0 Å². The Morgan fingerprint density at radius 3 is 2.78 bits per heavy atom. The Labute approximate surface area is 104 Å². The predicted molar refractivity (Wildman–Crippen MR) is 63.5 cm³/mol. The molecule has 2 fully saturated rings. The first kappa shape index (κ1) is 11.2. The zero-order valence-corrected chi connectivity index (χ0v) is 9.73. The first-order chi connectivity index (χ1) is 8.68. The van der Waals surface area contributed by atoms with Gasteiger partial charge in [-0.05, 0) is 25.0 Å². The van der Waals surface area contributed by atoms with Crippen LogP contribution in [-0.4, -0.2) is 18.0 Å². The maximum Gasteiger partial charge on any atom is 0.329 e. The SMILES string of the molecule is O=C1NC2CCCC2C(=O)N1c1ccccc1F. The van der Waals surface area contributed by atoms with Crippen LogP contribution < -0.4 is 10.2 Å². The Kier molecular flexibility index (Phi) is 2.54. The fraction of sp³-hybridized carbons (Fsp3) is 0.385. The van der Waals surface area contributed by atoms with E-state index in [0.29, 0.717) is 0 Å². The van der Waals surface area contributed by atoms with E-state index in [1.165, 1.54) is 18.2 Å². The van der Waals surface area contributed by atoms with Crippen LogP contribution in [0.5, 0.6) is 0 Å². The minimum absolute atomic E-state index is 0.0327. The van der Waals surface area contributed by atoms with E-state index < -0.39 is 11.8 Å². The highest BCUT2D eigenvalue weighted by molar-refractivity contribution is 6.17. The number of nitrogens with zero attached hydrogens (tertiary/aromatic N) is 1. The second-order valence-electron chi connectivity index (χ2n) is 4.72. The van der Waals surface area contributed by atoms with Gasteiger partial charge >= 0.3 is 6.03 Å². The van der Waals surface area contributed by atoms with E-state index in [-0.39, 0.29) is 23.6 Å². The molecule has 1 saturated heterocycles. The first-order valence-electron chi connectivity index (χ1n) is 6.07. The van der Waals surface area contributed by atoms with Gasteiger partial charge in [-0.1, -0.05) is 18.6 Å². The van der Waals surface area contributed by atoms with Crippen LogP contribution in [0.2, 0.25) is 0 Å². The number of hydrogen-bond donors (Lipinski definition) is 1. The van der Waals surface area contributed by atoms with Crippen LogP contribution in [-0.2, 0) is 4.79 Å². The van der Waals surface area contributed by atoms with Gasteiger partial charge in [0.15, 0.2) is 0 Å². The molecule has 2 unspecified atom stereocenters. The minimum Gasteiger partial charge on any atom is -0.334 e. The molecule has 1 aliphatic carbocycles. The van der Waals surface area contributed by atoms with E-state index >= 15 is 0 Å². The highest BCUT2D eigenvalue weighted by Crippen LogP contribution is 2.33. The molecular formula is C13H13FN2O2. The monoisotopic (exact) mass is 248 g/mol. The lowest BCUT2D eigenvalue weighted by molar-refractivity contribution is -0.122. The molecule has 1 saturated carbocycles. The molecule has 3 amide bonds. The predicted octanol–water partition coefficient (Wildman–Crippen LogP) is 2.05. The molecule has 0 aromatic heterocycles. The van der Waals surface area contributed by atoms with Crippen molar-refractivity contribution in [1.29, 1.82) is 0 Å². The molecule has 0 radical (unpaired) electrons. The van der Waals surface area contributed by atoms with Gasteiger partial charge < -0.3 is 5.32 Å². The third-order valence-corrected chi connectivity index (χ3v) is 3.66. The standard InChI is InChI=1S/C13H13FN2O2/c14-9-5-1-2-7-11(9)16-12(17)8-4-3-6-10(8)15-13(16)18/h1-2,5,7-8,10H,3-4,6H2,(H,15,18). The molecule has 1 aromatic rings. The zero-order valence-electron chi connectivity index (χ0n) is 9.73. The Morgan fingerprint density at radius 1 is 1.22 bits per heavy atom. The third kappa shape index (κ3) is 1.58. The van der Waals surface area contributed by atoms with Crippen LogP contribution in [0.4, 0.5) is 14.9 Å². The van der Waals surface area contributed by atoms with Gasteiger partial charge in [0, 0.05) is 6.04 Å². The number of hydrogen-bond acceptors (Lipinski definition) is 2. The summed E-state index contributed by atoms with van der Waals surface area (Å²) in [6.07, 6.45) is 2.51. The van der Waals surface area contributed by atoms with Gasteiger partial charge in [-0.15, -0.1) is 0 Å². The average molecular weight is 248 g/mol. The molecule has 3 rings (SSSR count). The summed E-state index contributed by atoms with van der Waals surface area (Å²) in [5.74, 6) is -1.05. The lowest BCUT2D eigenvalue weighted by Crippen LogP contribution is -2.58. The molecule has 1 heterocycles. The first-order valence-corrected chi connectivity index (χ1v) is 6.07. The van der Waals surface area contributed by atoms with E-state index in [2.05, 4.69) is 5.32 Å². The lowest BCUT2D eigenvalue weighted by Gasteiger charge is -2.33. The normalized spacial score (nSPS) is 27.1. The number of anilines is 1. The summed E-state index contributed by atoms with van der Waals surface area (Å²) in [6, 6.07) is 5.24. The number of rotatable bonds is 1. The van der Waals surface area contributed by atoms with Crippen molar-refractivity contribution in [3.63, 3.8) is 0 Å². The Morgan fingerprint density at radius 2 is 2.00 bits per heavy atom. The Bertz CT molecular complexity index is 517. The number of para-hydroxylation sites is 1. The Balaban J connectivity index is 1.99. The maximum absolute atomic E-state index is 13.7. The summed E-state index contributed by atoms with van der Waals surface area (Å²) in [4.78, 5) is 25.1. The second-order valence-corrected chi connectivity index (χ2v) is 4.72. The number of amides is 3. The number of urea groups is 1. The van der Waals surface area contributed by atoms with Crippen LogP contribution in [0.15, 0.2) is 24.3 Å². The highest BCUT2D eigenvalue weighted by atomic mass is 19.1. The fourth-order valence-electron chi connectivity index (χ4n) is 2.78. The van der Waals surface area contributed by atoms with Crippen molar-refractivity contribution in [1.82, 2.24) is 5.32 Å². The molecule has 0 spiro atoms. The molecule has 94 valence electrons. The number of carbonyl (C=O) groups is 2. The van der Waals surface area contributed by atoms with Crippen LogP contribution in [0, 0.1) is 11.7 Å². The zero-order chi connectivity index (χ0) is 12.7. The number of halogens is 1. The van der Waals surface area contributed by atoms with Crippen molar-refractivity contribution in [2.24, 2.45) is 5.92 Å². The van der Waals surface area contributed by atoms with Gasteiger partial charge in [0.1, 0.15) is 5.82 Å². The molecule has 1 N–H and O–H groups in total. The summed E-state index contributed by atoms with van der Waals surface area (Å²) < 4.78 is 13.7. The smallest absolute Gasteiger partial charge is 0.329 e. The summed E-state index contributed by atoms with van der Waals surface area (Å²) >= 11 is 0. The van der Waals surface area contributed by atoms with Gasteiger partial charge in [-0.2, -0.15) is 0 Å². The Hall–Kier alpha value is -1.91. The van der Waals surface area contributed by atoms with Crippen molar-refractivity contribution in [2.75, 3.05) is 4.90 Å². The number of fused-ring (bicyclic) bond motifs is 1. The quantitative estimate of drug-likeness (QED) is 0.827. The van der Waals surface area contributed by atoms with E-state index in [4.69, 9.17) is 0 Å². The van der Waals surface area contributed by atoms with Crippen molar-refractivity contribution in [2.45, 2.75) is 25.3 Å². The highest BCUT2D eigenvalue weighted by Gasteiger charge is 2.44. The molecule has 0 bridgehead atoms. The number of carbonyl (C=O) groups excluding carboxylic acids is 2. The van der Waals surface area contributed by atoms with Crippen LogP contribution in [0.1, 0.15) is 19.3 Å². The fourth-order valence-corrected chi connectivity index (χ4v) is 2.78. The minimum atomic E-state index is -0.558. The van der Waals surface area contributed by atoms with Gasteiger partial charge in [-0.25, -0.2) is 14.1 Å². The number of nitrogens with one attached hydrogen (secondary N) is 1. The van der Waals surface area contributed by atoms with Crippen LogP contribution in [0.3, 0.4) is 0 Å². The number of benzene rings is 1. The van der Waals surface area contributed by atoms with Crippen molar-refractivity contribution in [3.8, 4) is 0 Å². The molecule has 2 aliphatic rings. The molecule has 18 heavy (non-hydrogen) atoms. The average Bonchev–Trinajstić information content (AvgIpc) is 2.79. The summed E-state index contributed by atoms with van der Waals surface area (Å²) in [5.41, 5.74) is 0.0327. The molecule has 4 nitrogen and oxygen atoms in total. The van der Waals surface area contributed by atoms with Crippen LogP contribution >= 0.6 is 0 Å². The van der Waals surface area contributed by atoms with Gasteiger partial charge in [0.05, 0.1) is 11.6 Å². The molecular weight excluding hydrogens is 235 g/mol. The van der Waals surface area contributed by atoms with E-state index in [1.54, 1.807) is 6.07 Å². The topological polar surface area (TPSA) is 49.4 Å². The van der Waals surface area contributed by atoms with E-state index in [9.17, 15) is 14.0 Å². The molecule has 1 aromatic carbocycles. The molecule has 5 heteroatoms. The maximum atomic E-state index is 13.7. The van der Waals surface area contributed by atoms with Crippen molar-refractivity contribution in [3.05, 3.63) is 30.1 Å². The molecule has 1 aliphatic heterocycles. The summed E-state index contributed by atoms with van der Waals surface area (Å²) in [6.45, 7) is 0. The van der Waals surface area contributed by atoms with Crippen molar-refractivity contribution >= 4 is 17.6 Å². The third-order valence-electron chi connectivity index (χ3n) is 3.66. The van der Waals surface area contributed by atoms with Crippen molar-refractivity contribution < 1.29 is 14.0 Å². The van der Waals surface area contributed by atoms with Crippen LogP contribution in [0.25, 0.3) is 0 Å². The van der Waals surface area contributed by atoms with E-state index in [0.717, 1.165) is 24.2 Å². The second kappa shape index (κ2) is 4.08. The van der Waals surface area contributed by atoms with Gasteiger partial charge in [0.2, 0.25) is 5.91 Å². The van der Waals surface area contributed by atoms with Gasteiger partial charge in [-0.3, -0.25) is 4.79 Å². The van der Waals surface area contributed by atoms with E-state index in [1.807, 2.05) is 0 Å². The summed E-state index contributed by atoms with van der Waals surface area (Å²) in [7, 11) is 0.